The minimum atomic E-state index is -0.385. The zero-order valence-electron chi connectivity index (χ0n) is 19.5. The molecule has 7 nitrogen and oxygen atoms in total. The number of halogens is 1. The number of thioether (sulfide) groups is 1. The van der Waals surface area contributed by atoms with Gasteiger partial charge < -0.3 is 5.32 Å². The standard InChI is InChI=1S/C28H22ClN3O4S/c29-27-25(37-24-11-4-3-10-23(24)32(35)36)15-21-26(27)20-14-17(31(33)34)12-13-22(20)30-28(21)19-9-5-7-16-6-1-2-8-18(16)19/h1-14,21,25-28,30H,15H2/t21-,25-,26+,27-,28-/m0/s1. The van der Waals surface area contributed by atoms with Crippen molar-refractivity contribution in [3.8, 4) is 0 Å². The molecule has 1 N–H and O–H groups in total. The Hall–Kier alpha value is -3.62. The molecule has 2 aliphatic rings. The van der Waals surface area contributed by atoms with E-state index >= 15 is 0 Å². The van der Waals surface area contributed by atoms with Gasteiger partial charge >= 0.3 is 0 Å². The molecule has 37 heavy (non-hydrogen) atoms. The van der Waals surface area contributed by atoms with Gasteiger partial charge in [0.25, 0.3) is 11.4 Å². The summed E-state index contributed by atoms with van der Waals surface area (Å²) in [6, 6.07) is 26.1. The van der Waals surface area contributed by atoms with Gasteiger partial charge in [-0.3, -0.25) is 20.2 Å². The van der Waals surface area contributed by atoms with Crippen molar-refractivity contribution in [3.05, 3.63) is 116 Å². The average Bonchev–Trinajstić information content (AvgIpc) is 3.23. The third-order valence-electron chi connectivity index (χ3n) is 7.51. The Morgan fingerprint density at radius 3 is 2.43 bits per heavy atom. The molecule has 186 valence electrons. The highest BCUT2D eigenvalue weighted by Crippen LogP contribution is 2.58. The molecule has 0 unspecified atom stereocenters. The number of hydrogen-bond donors (Lipinski definition) is 1. The lowest BCUT2D eigenvalue weighted by atomic mass is 9.76. The zero-order chi connectivity index (χ0) is 25.7. The van der Waals surface area contributed by atoms with Crippen LogP contribution in [0.2, 0.25) is 0 Å². The minimum absolute atomic E-state index is 0.0292. The van der Waals surface area contributed by atoms with Crippen molar-refractivity contribution in [2.24, 2.45) is 5.92 Å². The molecule has 1 fully saturated rings. The van der Waals surface area contributed by atoms with Crippen LogP contribution in [0.5, 0.6) is 0 Å². The number of non-ortho nitro benzene ring substituents is 1. The van der Waals surface area contributed by atoms with Gasteiger partial charge in [0, 0.05) is 35.1 Å². The SMILES string of the molecule is O=[N+]([O-])c1ccc2c(c1)[C@H]1[C@@H](Cl)[C@@H](Sc3ccccc3[N+](=O)[O-])C[C@@H]1[C@H](c1cccc3ccccc13)N2. The minimum Gasteiger partial charge on any atom is -0.378 e. The third-order valence-corrected chi connectivity index (χ3v) is 9.62. The zero-order valence-corrected chi connectivity index (χ0v) is 21.1. The quantitative estimate of drug-likeness (QED) is 0.161. The number of nitro groups is 2. The maximum atomic E-state index is 11.6. The Morgan fingerprint density at radius 2 is 1.62 bits per heavy atom. The van der Waals surface area contributed by atoms with Gasteiger partial charge in [-0.25, -0.2) is 0 Å². The smallest absolute Gasteiger partial charge is 0.282 e. The summed E-state index contributed by atoms with van der Waals surface area (Å²) in [6.45, 7) is 0. The van der Waals surface area contributed by atoms with Gasteiger partial charge in [-0.15, -0.1) is 23.4 Å². The summed E-state index contributed by atoms with van der Waals surface area (Å²) >= 11 is 8.61. The number of rotatable bonds is 5. The first kappa shape index (κ1) is 23.8. The van der Waals surface area contributed by atoms with E-state index in [0.717, 1.165) is 27.6 Å². The Bertz CT molecular complexity index is 1540. The van der Waals surface area contributed by atoms with Crippen molar-refractivity contribution >= 4 is 51.2 Å². The molecule has 0 bridgehead atoms. The molecule has 1 aliphatic carbocycles. The largest absolute Gasteiger partial charge is 0.378 e. The monoisotopic (exact) mass is 531 g/mol. The number of nitrogens with one attached hydrogen (secondary N) is 1. The van der Waals surface area contributed by atoms with Gasteiger partial charge in [0.15, 0.2) is 0 Å². The highest BCUT2D eigenvalue weighted by atomic mass is 35.5. The van der Waals surface area contributed by atoms with Gasteiger partial charge in [0.2, 0.25) is 0 Å². The van der Waals surface area contributed by atoms with Crippen LogP contribution in [0, 0.1) is 26.1 Å². The van der Waals surface area contributed by atoms with Crippen LogP contribution in [0.1, 0.15) is 29.5 Å². The Balaban J connectivity index is 1.46. The molecule has 1 aliphatic heterocycles. The molecule has 0 aromatic heterocycles. The number of nitro benzene ring substituents is 2. The maximum absolute atomic E-state index is 11.6. The molecule has 4 aromatic rings. The van der Waals surface area contributed by atoms with Crippen LogP contribution in [0.4, 0.5) is 17.1 Å². The third kappa shape index (κ3) is 4.10. The normalized spacial score (nSPS) is 24.2. The molecule has 0 amide bonds. The van der Waals surface area contributed by atoms with Gasteiger partial charge in [-0.2, -0.15) is 0 Å². The lowest BCUT2D eigenvalue weighted by Gasteiger charge is -2.38. The average molecular weight is 532 g/mol. The number of alkyl halides is 1. The second kappa shape index (κ2) is 9.36. The maximum Gasteiger partial charge on any atom is 0.282 e. The van der Waals surface area contributed by atoms with E-state index in [2.05, 4.69) is 29.6 Å². The Morgan fingerprint density at radius 1 is 0.865 bits per heavy atom. The van der Waals surface area contributed by atoms with E-state index < -0.39 is 0 Å². The summed E-state index contributed by atoms with van der Waals surface area (Å²) < 4.78 is 0. The molecular weight excluding hydrogens is 510 g/mol. The first-order valence-corrected chi connectivity index (χ1v) is 13.3. The summed E-state index contributed by atoms with van der Waals surface area (Å²) in [5.41, 5.74) is 2.91. The fourth-order valence-electron chi connectivity index (χ4n) is 5.92. The summed E-state index contributed by atoms with van der Waals surface area (Å²) in [5, 5.41) is 28.7. The predicted octanol–water partition coefficient (Wildman–Crippen LogP) is 7.69. The van der Waals surface area contributed by atoms with E-state index in [1.54, 1.807) is 30.3 Å². The molecule has 4 aromatic carbocycles. The Kier molecular flexibility index (Phi) is 6.01. The van der Waals surface area contributed by atoms with Crippen molar-refractivity contribution < 1.29 is 9.85 Å². The molecule has 1 heterocycles. The van der Waals surface area contributed by atoms with E-state index in [1.165, 1.54) is 23.9 Å². The number of para-hydroxylation sites is 1. The number of hydrogen-bond acceptors (Lipinski definition) is 6. The van der Waals surface area contributed by atoms with E-state index in [1.807, 2.05) is 18.2 Å². The van der Waals surface area contributed by atoms with Gasteiger partial charge in [0.05, 0.1) is 26.2 Å². The summed E-state index contributed by atoms with van der Waals surface area (Å²) in [4.78, 5) is 23.0. The lowest BCUT2D eigenvalue weighted by Crippen LogP contribution is -2.31. The molecule has 0 saturated heterocycles. The van der Waals surface area contributed by atoms with E-state index in [4.69, 9.17) is 11.6 Å². The first-order valence-electron chi connectivity index (χ1n) is 12.0. The van der Waals surface area contributed by atoms with Crippen molar-refractivity contribution in [1.82, 2.24) is 0 Å². The Labute approximate surface area is 222 Å². The number of fused-ring (bicyclic) bond motifs is 4. The fourth-order valence-corrected chi connectivity index (χ4v) is 7.86. The topological polar surface area (TPSA) is 98.3 Å². The van der Waals surface area contributed by atoms with Gasteiger partial charge in [-0.05, 0) is 46.4 Å². The molecule has 0 spiro atoms. The second-order valence-corrected chi connectivity index (χ2v) is 11.3. The fraction of sp³-hybridized carbons (Fsp3) is 0.214. The van der Waals surface area contributed by atoms with Crippen LogP contribution < -0.4 is 5.32 Å². The number of nitrogens with zero attached hydrogens (tertiary/aromatic N) is 2. The van der Waals surface area contributed by atoms with Crippen molar-refractivity contribution in [3.63, 3.8) is 0 Å². The highest BCUT2D eigenvalue weighted by Gasteiger charge is 2.51. The van der Waals surface area contributed by atoms with Crippen LogP contribution >= 0.6 is 23.4 Å². The van der Waals surface area contributed by atoms with E-state index in [0.29, 0.717) is 11.3 Å². The number of benzene rings is 4. The van der Waals surface area contributed by atoms with Gasteiger partial charge in [0.1, 0.15) is 0 Å². The summed E-state index contributed by atoms with van der Waals surface area (Å²) in [5.74, 6) is -0.106. The first-order chi connectivity index (χ1) is 17.9. The van der Waals surface area contributed by atoms with Crippen molar-refractivity contribution in [2.45, 2.75) is 33.9 Å². The molecule has 9 heteroatoms. The van der Waals surface area contributed by atoms with E-state index in [9.17, 15) is 20.2 Å². The van der Waals surface area contributed by atoms with Crippen LogP contribution in [-0.4, -0.2) is 20.5 Å². The summed E-state index contributed by atoms with van der Waals surface area (Å²) in [6.07, 6.45) is 0.707. The molecule has 6 rings (SSSR count). The molecule has 0 radical (unpaired) electrons. The second-order valence-electron chi connectivity index (χ2n) is 9.47. The van der Waals surface area contributed by atoms with Crippen LogP contribution in [0.3, 0.4) is 0 Å². The van der Waals surface area contributed by atoms with Crippen molar-refractivity contribution in [2.75, 3.05) is 5.32 Å². The molecule has 5 atom stereocenters. The lowest BCUT2D eigenvalue weighted by molar-refractivity contribution is -0.387. The van der Waals surface area contributed by atoms with Crippen molar-refractivity contribution in [1.29, 1.82) is 0 Å². The van der Waals surface area contributed by atoms with Crippen LogP contribution in [0.15, 0.2) is 89.8 Å². The van der Waals surface area contributed by atoms with Gasteiger partial charge in [-0.1, -0.05) is 54.6 Å². The van der Waals surface area contributed by atoms with Crippen LogP contribution in [-0.2, 0) is 0 Å². The number of anilines is 1. The highest BCUT2D eigenvalue weighted by molar-refractivity contribution is 8.00. The molecular formula is C28H22ClN3O4S. The van der Waals surface area contributed by atoms with E-state index in [-0.39, 0.29) is 49.7 Å². The molecule has 1 saturated carbocycles. The predicted molar refractivity (Wildman–Crippen MR) is 147 cm³/mol. The van der Waals surface area contributed by atoms with Crippen LogP contribution in [0.25, 0.3) is 10.8 Å². The summed E-state index contributed by atoms with van der Waals surface area (Å²) in [7, 11) is 0.